The van der Waals surface area contributed by atoms with Gasteiger partial charge in [-0.25, -0.2) is 0 Å². The average molecular weight is 292 g/mol. The molecule has 1 aliphatic carbocycles. The van der Waals surface area contributed by atoms with Gasteiger partial charge >= 0.3 is 0 Å². The van der Waals surface area contributed by atoms with Crippen molar-refractivity contribution in [1.29, 1.82) is 0 Å². The largest absolute Gasteiger partial charge is 0.389 e. The maximum absolute atomic E-state index is 12.2. The fraction of sp³-hybridized carbons (Fsp3) is 1.00. The number of nitrogens with zero attached hydrogens (tertiary/aromatic N) is 1. The lowest BCUT2D eigenvalue weighted by atomic mass is 9.96. The lowest BCUT2D eigenvalue weighted by Gasteiger charge is -2.32. The lowest BCUT2D eigenvalue weighted by Crippen LogP contribution is -2.49. The smallest absolute Gasteiger partial charge is 0.279 e. The van der Waals surface area contributed by atoms with E-state index in [1.165, 1.54) is 10.7 Å². The summed E-state index contributed by atoms with van der Waals surface area (Å²) in [5.74, 6) is 0. The molecule has 0 amide bonds. The summed E-state index contributed by atoms with van der Waals surface area (Å²) >= 11 is 0. The van der Waals surface area contributed by atoms with Gasteiger partial charge in [-0.15, -0.1) is 0 Å². The van der Waals surface area contributed by atoms with Gasteiger partial charge in [-0.1, -0.05) is 33.1 Å². The van der Waals surface area contributed by atoms with E-state index in [9.17, 15) is 13.5 Å². The van der Waals surface area contributed by atoms with E-state index in [4.69, 9.17) is 0 Å². The molecule has 0 aliphatic heterocycles. The Morgan fingerprint density at radius 2 is 1.74 bits per heavy atom. The minimum Gasteiger partial charge on any atom is -0.389 e. The minimum absolute atomic E-state index is 0.0827. The summed E-state index contributed by atoms with van der Waals surface area (Å²) < 4.78 is 28.4. The number of aliphatic hydroxyl groups is 1. The van der Waals surface area contributed by atoms with Crippen molar-refractivity contribution in [2.45, 2.75) is 70.4 Å². The normalized spacial score (nSPS) is 19.0. The van der Waals surface area contributed by atoms with Gasteiger partial charge in [0.15, 0.2) is 0 Å². The van der Waals surface area contributed by atoms with Crippen molar-refractivity contribution < 1.29 is 13.5 Å². The number of rotatable bonds is 7. The Morgan fingerprint density at radius 3 is 2.21 bits per heavy atom. The van der Waals surface area contributed by atoms with Crippen LogP contribution in [0.2, 0.25) is 0 Å². The monoisotopic (exact) mass is 292 g/mol. The molecule has 0 radical (unpaired) electrons. The summed E-state index contributed by atoms with van der Waals surface area (Å²) in [5, 5.41) is 10.1. The molecule has 0 atom stereocenters. The summed E-state index contributed by atoms with van der Waals surface area (Å²) in [5.41, 5.74) is -0.944. The zero-order valence-electron chi connectivity index (χ0n) is 12.4. The Balaban J connectivity index is 2.59. The summed E-state index contributed by atoms with van der Waals surface area (Å²) in [6.07, 6.45) is 6.34. The van der Waals surface area contributed by atoms with E-state index in [1.807, 2.05) is 13.8 Å². The minimum atomic E-state index is -3.49. The molecule has 0 aromatic heterocycles. The first-order chi connectivity index (χ1) is 8.84. The van der Waals surface area contributed by atoms with Crippen molar-refractivity contribution in [1.82, 2.24) is 9.03 Å². The van der Waals surface area contributed by atoms with Crippen molar-refractivity contribution in [2.24, 2.45) is 0 Å². The zero-order chi connectivity index (χ0) is 14.5. The van der Waals surface area contributed by atoms with E-state index in [1.54, 1.807) is 7.05 Å². The molecule has 0 bridgehead atoms. The SMILES string of the molecule is CCC(O)(CC)CNS(=O)(=O)N(C)C1CCCCC1. The van der Waals surface area contributed by atoms with Gasteiger partial charge in [-0.2, -0.15) is 17.4 Å². The first kappa shape index (κ1) is 16.9. The van der Waals surface area contributed by atoms with Crippen molar-refractivity contribution >= 4 is 10.2 Å². The van der Waals surface area contributed by atoms with Gasteiger partial charge in [-0.05, 0) is 25.7 Å². The van der Waals surface area contributed by atoms with E-state index < -0.39 is 15.8 Å². The molecule has 5 nitrogen and oxygen atoms in total. The van der Waals surface area contributed by atoms with Crippen LogP contribution >= 0.6 is 0 Å². The Labute approximate surface area is 117 Å². The summed E-state index contributed by atoms with van der Waals surface area (Å²) in [7, 11) is -1.86. The standard InChI is InChI=1S/C13H28N2O3S/c1-4-13(16,5-2)11-14-19(17,18)15(3)12-9-7-6-8-10-12/h12,14,16H,4-11H2,1-3H3. The third kappa shape index (κ3) is 4.70. The molecule has 0 aromatic carbocycles. The van der Waals surface area contributed by atoms with Crippen molar-refractivity contribution in [2.75, 3.05) is 13.6 Å². The van der Waals surface area contributed by atoms with E-state index in [0.29, 0.717) is 12.8 Å². The Morgan fingerprint density at radius 1 is 1.21 bits per heavy atom. The first-order valence-corrected chi connectivity index (χ1v) is 8.73. The number of hydrogen-bond donors (Lipinski definition) is 2. The summed E-state index contributed by atoms with van der Waals surface area (Å²) in [6, 6.07) is 0.0996. The van der Waals surface area contributed by atoms with E-state index in [0.717, 1.165) is 25.7 Å². The number of nitrogens with one attached hydrogen (secondary N) is 1. The van der Waals surface area contributed by atoms with Crippen LogP contribution in [0.4, 0.5) is 0 Å². The van der Waals surface area contributed by atoms with E-state index >= 15 is 0 Å². The summed E-state index contributed by atoms with van der Waals surface area (Å²) in [6.45, 7) is 3.81. The fourth-order valence-electron chi connectivity index (χ4n) is 2.47. The molecule has 0 aromatic rings. The van der Waals surface area contributed by atoms with Crippen LogP contribution in [0.15, 0.2) is 0 Å². The molecule has 114 valence electrons. The van der Waals surface area contributed by atoms with Crippen LogP contribution in [0.1, 0.15) is 58.8 Å². The van der Waals surface area contributed by atoms with Gasteiger partial charge in [0.25, 0.3) is 10.2 Å². The van der Waals surface area contributed by atoms with E-state index in [2.05, 4.69) is 4.72 Å². The first-order valence-electron chi connectivity index (χ1n) is 7.29. The van der Waals surface area contributed by atoms with Gasteiger partial charge in [0.1, 0.15) is 0 Å². The van der Waals surface area contributed by atoms with Crippen molar-refractivity contribution in [3.05, 3.63) is 0 Å². The van der Waals surface area contributed by atoms with Crippen LogP contribution in [-0.2, 0) is 10.2 Å². The van der Waals surface area contributed by atoms with Crippen LogP contribution in [0.5, 0.6) is 0 Å². The Bertz CT molecular complexity index is 360. The highest BCUT2D eigenvalue weighted by molar-refractivity contribution is 7.87. The molecule has 2 N–H and O–H groups in total. The Kier molecular flexibility index (Phi) is 6.23. The second kappa shape index (κ2) is 7.02. The van der Waals surface area contributed by atoms with Crippen LogP contribution in [0.3, 0.4) is 0 Å². The second-order valence-electron chi connectivity index (χ2n) is 5.57. The molecule has 1 saturated carbocycles. The van der Waals surface area contributed by atoms with Crippen molar-refractivity contribution in [3.8, 4) is 0 Å². The van der Waals surface area contributed by atoms with Crippen LogP contribution < -0.4 is 4.72 Å². The highest BCUT2D eigenvalue weighted by Crippen LogP contribution is 2.23. The highest BCUT2D eigenvalue weighted by atomic mass is 32.2. The quantitative estimate of drug-likeness (QED) is 0.749. The molecule has 1 aliphatic rings. The highest BCUT2D eigenvalue weighted by Gasteiger charge is 2.30. The van der Waals surface area contributed by atoms with Gasteiger partial charge < -0.3 is 5.11 Å². The maximum atomic E-state index is 12.2. The fourth-order valence-corrected chi connectivity index (χ4v) is 3.73. The van der Waals surface area contributed by atoms with Gasteiger partial charge in [0.05, 0.1) is 5.60 Å². The van der Waals surface area contributed by atoms with Gasteiger partial charge in [-0.3, -0.25) is 0 Å². The molecular weight excluding hydrogens is 264 g/mol. The predicted molar refractivity (Wildman–Crippen MR) is 77.1 cm³/mol. The molecule has 1 rings (SSSR count). The topological polar surface area (TPSA) is 69.6 Å². The summed E-state index contributed by atoms with van der Waals surface area (Å²) in [4.78, 5) is 0. The predicted octanol–water partition coefficient (Wildman–Crippen LogP) is 1.64. The molecule has 0 unspecified atom stereocenters. The third-order valence-corrected chi connectivity index (χ3v) is 5.93. The van der Waals surface area contributed by atoms with Crippen LogP contribution in [0.25, 0.3) is 0 Å². The lowest BCUT2D eigenvalue weighted by molar-refractivity contribution is 0.0372. The van der Waals surface area contributed by atoms with Gasteiger partial charge in [0, 0.05) is 19.6 Å². The molecular formula is C13H28N2O3S. The Hall–Kier alpha value is -0.170. The number of hydrogen-bond acceptors (Lipinski definition) is 3. The van der Waals surface area contributed by atoms with E-state index in [-0.39, 0.29) is 12.6 Å². The van der Waals surface area contributed by atoms with Crippen LogP contribution in [-0.4, -0.2) is 43.1 Å². The second-order valence-corrected chi connectivity index (χ2v) is 7.38. The zero-order valence-corrected chi connectivity index (χ0v) is 13.2. The molecule has 6 heteroatoms. The maximum Gasteiger partial charge on any atom is 0.279 e. The third-order valence-electron chi connectivity index (χ3n) is 4.37. The molecule has 0 saturated heterocycles. The molecule has 0 spiro atoms. The van der Waals surface area contributed by atoms with Crippen molar-refractivity contribution in [3.63, 3.8) is 0 Å². The molecule has 19 heavy (non-hydrogen) atoms. The van der Waals surface area contributed by atoms with Crippen LogP contribution in [0, 0.1) is 0 Å². The van der Waals surface area contributed by atoms with Gasteiger partial charge in [0.2, 0.25) is 0 Å². The average Bonchev–Trinajstić information content (AvgIpc) is 2.45. The molecule has 1 fully saturated rings. The molecule has 0 heterocycles.